The van der Waals surface area contributed by atoms with Gasteiger partial charge in [0.05, 0.1) is 11.6 Å². The number of nitriles is 1. The maximum absolute atomic E-state index is 13.2. The van der Waals surface area contributed by atoms with Crippen LogP contribution in [0.15, 0.2) is 29.4 Å². The second-order valence-corrected chi connectivity index (χ2v) is 5.54. The quantitative estimate of drug-likeness (QED) is 0.880. The van der Waals surface area contributed by atoms with E-state index < -0.39 is 30.8 Å². The third-order valence-electron chi connectivity index (χ3n) is 3.62. The predicted octanol–water partition coefficient (Wildman–Crippen LogP) is 2.58. The Bertz CT molecular complexity index is 710. The zero-order chi connectivity index (χ0) is 18.7. The SMILES string of the molecule is CCCC1=NN(C(=O)COc2ccc(C#N)cc2)C(O)(C(F)(F)F)C1. The van der Waals surface area contributed by atoms with E-state index in [2.05, 4.69) is 5.10 Å². The summed E-state index contributed by atoms with van der Waals surface area (Å²) in [7, 11) is 0. The van der Waals surface area contributed by atoms with E-state index in [-0.39, 0.29) is 22.9 Å². The molecule has 1 aromatic rings. The van der Waals surface area contributed by atoms with Gasteiger partial charge in [-0.1, -0.05) is 13.3 Å². The summed E-state index contributed by atoms with van der Waals surface area (Å²) in [5.74, 6) is -0.907. The van der Waals surface area contributed by atoms with Gasteiger partial charge in [-0.15, -0.1) is 0 Å². The minimum absolute atomic E-state index is 0.0572. The number of aliphatic hydroxyl groups is 1. The highest BCUT2D eigenvalue weighted by atomic mass is 19.4. The zero-order valence-corrected chi connectivity index (χ0v) is 13.4. The van der Waals surface area contributed by atoms with Gasteiger partial charge in [-0.05, 0) is 30.7 Å². The third-order valence-corrected chi connectivity index (χ3v) is 3.62. The molecule has 1 N–H and O–H groups in total. The molecule has 1 aliphatic heterocycles. The Morgan fingerprint density at radius 1 is 1.44 bits per heavy atom. The standard InChI is InChI=1S/C16H16F3N3O3/c1-2-3-12-8-15(24,16(17,18)19)22(21-12)14(23)10-25-13-6-4-11(9-20)5-7-13/h4-7,24H,2-3,8,10H2,1H3. The molecule has 1 amide bonds. The van der Waals surface area contributed by atoms with E-state index in [0.717, 1.165) is 0 Å². The molecule has 25 heavy (non-hydrogen) atoms. The second kappa shape index (κ2) is 7.11. The maximum Gasteiger partial charge on any atom is 0.438 e. The van der Waals surface area contributed by atoms with Crippen LogP contribution in [0, 0.1) is 11.3 Å². The third kappa shape index (κ3) is 3.91. The lowest BCUT2D eigenvalue weighted by Crippen LogP contribution is -2.57. The molecule has 9 heteroatoms. The van der Waals surface area contributed by atoms with E-state index in [1.54, 1.807) is 6.92 Å². The second-order valence-electron chi connectivity index (χ2n) is 5.54. The fourth-order valence-corrected chi connectivity index (χ4v) is 2.36. The Morgan fingerprint density at radius 2 is 2.08 bits per heavy atom. The summed E-state index contributed by atoms with van der Waals surface area (Å²) in [5, 5.41) is 22.4. The summed E-state index contributed by atoms with van der Waals surface area (Å²) in [6.07, 6.45) is -5.03. The molecule has 0 radical (unpaired) electrons. The molecule has 2 rings (SSSR count). The number of hydrogen-bond acceptors (Lipinski definition) is 5. The van der Waals surface area contributed by atoms with Gasteiger partial charge in [-0.25, -0.2) is 0 Å². The van der Waals surface area contributed by atoms with Crippen molar-refractivity contribution in [2.75, 3.05) is 6.61 Å². The van der Waals surface area contributed by atoms with E-state index >= 15 is 0 Å². The van der Waals surface area contributed by atoms with Crippen LogP contribution in [0.25, 0.3) is 0 Å². The van der Waals surface area contributed by atoms with Gasteiger partial charge in [-0.3, -0.25) is 4.79 Å². The Balaban J connectivity index is 2.12. The maximum atomic E-state index is 13.2. The monoisotopic (exact) mass is 355 g/mol. The van der Waals surface area contributed by atoms with Crippen LogP contribution < -0.4 is 4.74 Å². The van der Waals surface area contributed by atoms with Crippen molar-refractivity contribution < 1.29 is 27.8 Å². The summed E-state index contributed by atoms with van der Waals surface area (Å²) in [6.45, 7) is 1.03. The van der Waals surface area contributed by atoms with Crippen LogP contribution in [-0.4, -0.2) is 40.2 Å². The molecular weight excluding hydrogens is 339 g/mol. The van der Waals surface area contributed by atoms with Crippen molar-refractivity contribution in [3.63, 3.8) is 0 Å². The van der Waals surface area contributed by atoms with Gasteiger partial charge in [0.15, 0.2) is 6.61 Å². The normalized spacial score (nSPS) is 20.2. The molecule has 1 aliphatic rings. The minimum Gasteiger partial charge on any atom is -0.484 e. The molecule has 1 unspecified atom stereocenters. The van der Waals surface area contributed by atoms with Crippen molar-refractivity contribution in [1.29, 1.82) is 5.26 Å². The van der Waals surface area contributed by atoms with Crippen molar-refractivity contribution in [3.05, 3.63) is 29.8 Å². The molecule has 0 aliphatic carbocycles. The average molecular weight is 355 g/mol. The molecule has 0 bridgehead atoms. The summed E-state index contributed by atoms with van der Waals surface area (Å²) < 4.78 is 44.8. The lowest BCUT2D eigenvalue weighted by Gasteiger charge is -2.32. The van der Waals surface area contributed by atoms with Gasteiger partial charge in [-0.2, -0.15) is 28.5 Å². The Labute approximate surface area is 142 Å². The van der Waals surface area contributed by atoms with Crippen LogP contribution in [0.2, 0.25) is 0 Å². The highest BCUT2D eigenvalue weighted by Crippen LogP contribution is 2.40. The van der Waals surface area contributed by atoms with Gasteiger partial charge in [0.25, 0.3) is 11.6 Å². The fourth-order valence-electron chi connectivity index (χ4n) is 2.36. The van der Waals surface area contributed by atoms with Crippen LogP contribution in [0.4, 0.5) is 13.2 Å². The molecule has 0 spiro atoms. The molecule has 0 saturated heterocycles. The van der Waals surface area contributed by atoms with Crippen LogP contribution >= 0.6 is 0 Å². The highest BCUT2D eigenvalue weighted by Gasteiger charge is 2.63. The Hall–Kier alpha value is -2.60. The number of rotatable bonds is 5. The first kappa shape index (κ1) is 18.7. The van der Waals surface area contributed by atoms with Crippen molar-refractivity contribution in [2.45, 2.75) is 38.1 Å². The number of carbonyl (C=O) groups excluding carboxylic acids is 1. The minimum atomic E-state index is -5.05. The van der Waals surface area contributed by atoms with Crippen LogP contribution in [0.1, 0.15) is 31.7 Å². The first-order chi connectivity index (χ1) is 11.7. The van der Waals surface area contributed by atoms with E-state index in [0.29, 0.717) is 12.0 Å². The fraction of sp³-hybridized carbons (Fsp3) is 0.438. The molecule has 134 valence electrons. The van der Waals surface area contributed by atoms with Crippen LogP contribution in [-0.2, 0) is 4.79 Å². The number of hydrogen-bond donors (Lipinski definition) is 1. The summed E-state index contributed by atoms with van der Waals surface area (Å²) in [4.78, 5) is 12.1. The molecular formula is C16H16F3N3O3. The van der Waals surface area contributed by atoms with Gasteiger partial charge in [0, 0.05) is 12.1 Å². The van der Waals surface area contributed by atoms with Gasteiger partial charge < -0.3 is 9.84 Å². The van der Waals surface area contributed by atoms with Crippen molar-refractivity contribution >= 4 is 11.6 Å². The number of carbonyl (C=O) groups is 1. The highest BCUT2D eigenvalue weighted by molar-refractivity contribution is 5.91. The molecule has 6 nitrogen and oxygen atoms in total. The van der Waals surface area contributed by atoms with Gasteiger partial charge >= 0.3 is 6.18 Å². The van der Waals surface area contributed by atoms with Gasteiger partial charge in [0.1, 0.15) is 5.75 Å². The zero-order valence-electron chi connectivity index (χ0n) is 13.4. The molecule has 1 aromatic carbocycles. The molecule has 1 atom stereocenters. The lowest BCUT2D eigenvalue weighted by atomic mass is 10.0. The summed E-state index contributed by atoms with van der Waals surface area (Å²) in [5.41, 5.74) is -2.88. The van der Waals surface area contributed by atoms with E-state index in [1.165, 1.54) is 24.3 Å². The summed E-state index contributed by atoms with van der Waals surface area (Å²) in [6, 6.07) is 7.62. The Morgan fingerprint density at radius 3 is 2.60 bits per heavy atom. The topological polar surface area (TPSA) is 85.9 Å². The predicted molar refractivity (Wildman–Crippen MR) is 81.5 cm³/mol. The van der Waals surface area contributed by atoms with Gasteiger partial charge in [0.2, 0.25) is 0 Å². The number of ether oxygens (including phenoxy) is 1. The molecule has 0 aromatic heterocycles. The lowest BCUT2D eigenvalue weighted by molar-refractivity contribution is -0.302. The van der Waals surface area contributed by atoms with E-state index in [4.69, 9.17) is 10.00 Å². The summed E-state index contributed by atoms with van der Waals surface area (Å²) >= 11 is 0. The van der Waals surface area contributed by atoms with Crippen LogP contribution in [0.3, 0.4) is 0 Å². The Kier molecular flexibility index (Phi) is 5.33. The largest absolute Gasteiger partial charge is 0.484 e. The number of amides is 1. The number of nitrogens with zero attached hydrogens (tertiary/aromatic N) is 3. The average Bonchev–Trinajstić information content (AvgIpc) is 2.91. The molecule has 0 fully saturated rings. The first-order valence-corrected chi connectivity index (χ1v) is 7.52. The first-order valence-electron chi connectivity index (χ1n) is 7.52. The number of halogens is 3. The van der Waals surface area contributed by atoms with Crippen molar-refractivity contribution in [3.8, 4) is 11.8 Å². The smallest absolute Gasteiger partial charge is 0.438 e. The number of benzene rings is 1. The number of hydrazone groups is 1. The van der Waals surface area contributed by atoms with E-state index in [9.17, 15) is 23.1 Å². The molecule has 1 heterocycles. The van der Waals surface area contributed by atoms with E-state index in [1.807, 2.05) is 6.07 Å². The van der Waals surface area contributed by atoms with Crippen molar-refractivity contribution in [2.24, 2.45) is 5.10 Å². The van der Waals surface area contributed by atoms with Crippen LogP contribution in [0.5, 0.6) is 5.75 Å². The van der Waals surface area contributed by atoms with Crippen molar-refractivity contribution in [1.82, 2.24) is 5.01 Å². The molecule has 0 saturated carbocycles. The number of alkyl halides is 3.